The lowest BCUT2D eigenvalue weighted by atomic mass is 9.98. The molecule has 12 nitrogen and oxygen atoms in total. The van der Waals surface area contributed by atoms with E-state index >= 15 is 0 Å². The molecule has 0 aromatic carbocycles. The molecule has 3 unspecified atom stereocenters. The predicted molar refractivity (Wildman–Crippen MR) is 182 cm³/mol. The number of nitrogens with two attached hydrogens (primary N) is 1. The third-order valence-corrected chi connectivity index (χ3v) is 11.1. The minimum absolute atomic E-state index is 0.0559. The minimum Gasteiger partial charge on any atom is -0.436 e. The second-order valence-electron chi connectivity index (χ2n) is 13.3. The van der Waals surface area contributed by atoms with Gasteiger partial charge in [-0.05, 0) is 44.7 Å². The van der Waals surface area contributed by atoms with E-state index in [1.54, 1.807) is 4.90 Å². The Bertz CT molecular complexity index is 1460. The molecular formula is C33H46Cl2N8O4. The van der Waals surface area contributed by atoms with Crippen molar-refractivity contribution >= 4 is 35.2 Å². The van der Waals surface area contributed by atoms with E-state index in [1.807, 2.05) is 47.4 Å². The van der Waals surface area contributed by atoms with E-state index in [1.165, 1.54) is 4.68 Å². The number of rotatable bonds is 7. The van der Waals surface area contributed by atoms with Gasteiger partial charge in [-0.15, -0.1) is 23.2 Å². The molecule has 3 aliphatic heterocycles. The summed E-state index contributed by atoms with van der Waals surface area (Å²) in [5.41, 5.74) is 0.451. The highest BCUT2D eigenvalue weighted by Gasteiger charge is 2.36. The number of piperazine rings is 1. The molecule has 2 aliphatic carbocycles. The Morgan fingerprint density at radius 3 is 2.28 bits per heavy atom. The first kappa shape index (κ1) is 33.8. The first-order chi connectivity index (χ1) is 22.7. The first-order valence-corrected chi connectivity index (χ1v) is 17.7. The number of carbonyl (C=O) groups is 2. The number of nitrogens with zero attached hydrogens (tertiary/aromatic N) is 7. The highest BCUT2D eigenvalue weighted by Crippen LogP contribution is 2.28. The maximum Gasteiger partial charge on any atom is 0.410 e. The number of alkyl halides is 2. The standard InChI is InChI=1S/C33H46Cl2N8O4/c1-38-17-19-39(20-18-38)25-9-13-40(14-10-25)31(44)29(22-23-7-8-27(34)28(35)21-23)47-33(46)41-15-11-26(12-16-41)43-32(45)42(36)30(37-43)24-5-3-2-4-6-24/h2-5,7-8,21,24-29H,6,9-20,22,36H2,1H3/t24?,27?,28?,29-/m1/s1. The van der Waals surface area contributed by atoms with Gasteiger partial charge in [0.05, 0.1) is 16.8 Å². The van der Waals surface area contributed by atoms with Gasteiger partial charge in [0, 0.05) is 70.7 Å². The van der Waals surface area contributed by atoms with Gasteiger partial charge in [-0.25, -0.2) is 14.3 Å². The zero-order valence-corrected chi connectivity index (χ0v) is 28.5. The van der Waals surface area contributed by atoms with Crippen LogP contribution in [-0.2, 0) is 9.53 Å². The van der Waals surface area contributed by atoms with E-state index in [9.17, 15) is 14.4 Å². The van der Waals surface area contributed by atoms with E-state index in [-0.39, 0.29) is 35.4 Å². The average Bonchev–Trinajstić information content (AvgIpc) is 3.40. The summed E-state index contributed by atoms with van der Waals surface area (Å²) in [5, 5.41) is 3.85. The number of aromatic nitrogens is 3. The number of allylic oxidation sites excluding steroid dienone is 7. The van der Waals surface area contributed by atoms with Crippen LogP contribution in [0.2, 0.25) is 0 Å². The van der Waals surface area contributed by atoms with Gasteiger partial charge < -0.3 is 25.3 Å². The Morgan fingerprint density at radius 2 is 1.62 bits per heavy atom. The van der Waals surface area contributed by atoms with Crippen LogP contribution >= 0.6 is 23.2 Å². The lowest BCUT2D eigenvalue weighted by molar-refractivity contribution is -0.142. The summed E-state index contributed by atoms with van der Waals surface area (Å²) < 4.78 is 8.58. The molecule has 0 radical (unpaired) electrons. The fraction of sp³-hybridized carbons (Fsp3) is 0.636. The van der Waals surface area contributed by atoms with Crippen molar-refractivity contribution in [3.63, 3.8) is 0 Å². The van der Waals surface area contributed by atoms with Crippen LogP contribution in [0, 0.1) is 0 Å². The van der Waals surface area contributed by atoms with Crippen LogP contribution in [0.5, 0.6) is 0 Å². The fourth-order valence-electron chi connectivity index (χ4n) is 7.21. The van der Waals surface area contributed by atoms with E-state index in [4.69, 9.17) is 33.8 Å². The van der Waals surface area contributed by atoms with Crippen LogP contribution in [0.1, 0.15) is 56.3 Å². The second kappa shape index (κ2) is 15.0. The molecule has 1 aromatic rings. The zero-order chi connectivity index (χ0) is 33.1. The molecule has 0 saturated carbocycles. The normalized spacial score (nSPS) is 27.2. The highest BCUT2D eigenvalue weighted by atomic mass is 35.5. The summed E-state index contributed by atoms with van der Waals surface area (Å²) in [4.78, 5) is 48.8. The van der Waals surface area contributed by atoms with Crippen LogP contribution in [-0.4, -0.2) is 128 Å². The number of likely N-dealkylation sites (tertiary alicyclic amines) is 2. The van der Waals surface area contributed by atoms with Crippen LogP contribution in [0.4, 0.5) is 4.79 Å². The number of amides is 2. The van der Waals surface area contributed by atoms with E-state index in [2.05, 4.69) is 21.9 Å². The molecule has 5 aliphatic rings. The van der Waals surface area contributed by atoms with Crippen molar-refractivity contribution in [1.29, 1.82) is 0 Å². The lowest BCUT2D eigenvalue weighted by Crippen LogP contribution is -2.54. The van der Waals surface area contributed by atoms with Gasteiger partial charge in [-0.1, -0.05) is 42.5 Å². The van der Waals surface area contributed by atoms with Crippen LogP contribution in [0.15, 0.2) is 52.9 Å². The van der Waals surface area contributed by atoms with Crippen molar-refractivity contribution in [3.8, 4) is 0 Å². The Kier molecular flexibility index (Phi) is 10.8. The molecule has 2 amide bonds. The molecule has 2 N–H and O–H groups in total. The predicted octanol–water partition coefficient (Wildman–Crippen LogP) is 2.84. The summed E-state index contributed by atoms with van der Waals surface area (Å²) >= 11 is 12.7. The highest BCUT2D eigenvalue weighted by molar-refractivity contribution is 6.31. The topological polar surface area (TPSA) is 122 Å². The van der Waals surface area contributed by atoms with Gasteiger partial charge in [0.1, 0.15) is 0 Å². The summed E-state index contributed by atoms with van der Waals surface area (Å²) in [6, 6.07) is 0.265. The largest absolute Gasteiger partial charge is 0.436 e. The molecule has 0 bridgehead atoms. The molecule has 4 heterocycles. The van der Waals surface area contributed by atoms with Gasteiger partial charge in [0.2, 0.25) is 0 Å². The summed E-state index contributed by atoms with van der Waals surface area (Å²) in [6.07, 6.45) is 15.7. The third-order valence-electron chi connectivity index (χ3n) is 10.2. The summed E-state index contributed by atoms with van der Waals surface area (Å²) in [5.74, 6) is 6.40. The molecule has 256 valence electrons. The van der Waals surface area contributed by atoms with Crippen molar-refractivity contribution in [2.24, 2.45) is 0 Å². The maximum atomic E-state index is 13.9. The Morgan fingerprint density at radius 1 is 0.936 bits per heavy atom. The zero-order valence-electron chi connectivity index (χ0n) is 27.0. The number of piperidine rings is 2. The number of halogens is 2. The van der Waals surface area contributed by atoms with Gasteiger partial charge in [-0.3, -0.25) is 9.69 Å². The van der Waals surface area contributed by atoms with E-state index in [0.29, 0.717) is 50.9 Å². The summed E-state index contributed by atoms with van der Waals surface area (Å²) in [7, 11) is 2.15. The van der Waals surface area contributed by atoms with Gasteiger partial charge in [-0.2, -0.15) is 9.77 Å². The molecule has 3 saturated heterocycles. The Balaban J connectivity index is 1.08. The number of nitrogen functional groups attached to an aromatic ring is 1. The van der Waals surface area contributed by atoms with Gasteiger partial charge in [0.25, 0.3) is 5.91 Å². The van der Waals surface area contributed by atoms with Crippen molar-refractivity contribution in [1.82, 2.24) is 34.1 Å². The molecular weight excluding hydrogens is 643 g/mol. The molecule has 6 rings (SSSR count). The third kappa shape index (κ3) is 7.82. The fourth-order valence-corrected chi connectivity index (χ4v) is 7.60. The van der Waals surface area contributed by atoms with E-state index < -0.39 is 17.6 Å². The van der Waals surface area contributed by atoms with Crippen molar-refractivity contribution < 1.29 is 14.3 Å². The van der Waals surface area contributed by atoms with Gasteiger partial charge >= 0.3 is 11.8 Å². The van der Waals surface area contributed by atoms with Crippen LogP contribution < -0.4 is 11.5 Å². The van der Waals surface area contributed by atoms with Crippen molar-refractivity contribution in [3.05, 3.63) is 64.4 Å². The molecule has 47 heavy (non-hydrogen) atoms. The monoisotopic (exact) mass is 688 g/mol. The SMILES string of the molecule is CN1CCN(C2CCN(C(=O)[C@@H](CC3=CC(Cl)C(Cl)C=C3)OC(=O)N3CCC(n4nc(C5C=CC=CC5)n(N)c4=O)CC3)CC2)CC1. The first-order valence-electron chi connectivity index (χ1n) is 16.8. The summed E-state index contributed by atoms with van der Waals surface area (Å²) in [6.45, 7) is 6.21. The second-order valence-corrected chi connectivity index (χ2v) is 14.3. The van der Waals surface area contributed by atoms with Gasteiger partial charge in [0.15, 0.2) is 11.9 Å². The Hall–Kier alpha value is -3.06. The maximum absolute atomic E-state index is 13.9. The quantitative estimate of drug-likeness (QED) is 0.343. The van der Waals surface area contributed by atoms with Crippen LogP contribution in [0.3, 0.4) is 0 Å². The number of hydrogen-bond donors (Lipinski definition) is 1. The number of hydrogen-bond acceptors (Lipinski definition) is 8. The number of ether oxygens (including phenoxy) is 1. The molecule has 3 fully saturated rings. The molecule has 1 aromatic heterocycles. The molecule has 14 heteroatoms. The molecule has 4 atom stereocenters. The van der Waals surface area contributed by atoms with Crippen molar-refractivity contribution in [2.75, 3.05) is 65.2 Å². The number of likely N-dealkylation sites (N-methyl/N-ethyl adjacent to an activating group) is 1. The molecule has 0 spiro atoms. The number of carbonyl (C=O) groups excluding carboxylic acids is 2. The Labute approximate surface area is 286 Å². The average molecular weight is 690 g/mol. The lowest BCUT2D eigenvalue weighted by Gasteiger charge is -2.42. The minimum atomic E-state index is -0.984. The van der Waals surface area contributed by atoms with Crippen molar-refractivity contribution in [2.45, 2.75) is 73.4 Å². The van der Waals surface area contributed by atoms with E-state index in [0.717, 1.165) is 55.7 Å². The smallest absolute Gasteiger partial charge is 0.410 e. The van der Waals surface area contributed by atoms with Crippen LogP contribution in [0.25, 0.3) is 0 Å².